The minimum absolute atomic E-state index is 0.0141. The molecule has 0 spiro atoms. The Bertz CT molecular complexity index is 472. The molecule has 2 rings (SSSR count). The monoisotopic (exact) mass is 286 g/mol. The third kappa shape index (κ3) is 2.63. The molecular weight excluding hydrogens is 271 g/mol. The highest BCUT2D eigenvalue weighted by molar-refractivity contribution is 6.35. The summed E-state index contributed by atoms with van der Waals surface area (Å²) in [7, 11) is 1.75. The van der Waals surface area contributed by atoms with Crippen LogP contribution in [0.1, 0.15) is 24.8 Å². The van der Waals surface area contributed by atoms with E-state index >= 15 is 0 Å². The summed E-state index contributed by atoms with van der Waals surface area (Å²) in [5.74, 6) is -0.0141. The van der Waals surface area contributed by atoms with Gasteiger partial charge in [0.1, 0.15) is 0 Å². The summed E-state index contributed by atoms with van der Waals surface area (Å²) in [5.41, 5.74) is 6.23. The third-order valence-corrected chi connectivity index (χ3v) is 4.03. The Labute approximate surface area is 117 Å². The second-order valence-corrected chi connectivity index (χ2v) is 5.75. The molecule has 1 aliphatic carbocycles. The fourth-order valence-electron chi connectivity index (χ4n) is 2.13. The number of rotatable bonds is 3. The van der Waals surface area contributed by atoms with Crippen molar-refractivity contribution < 1.29 is 4.79 Å². The molecule has 3 nitrogen and oxygen atoms in total. The lowest BCUT2D eigenvalue weighted by Crippen LogP contribution is -2.58. The van der Waals surface area contributed by atoms with Crippen LogP contribution in [0.4, 0.5) is 0 Å². The van der Waals surface area contributed by atoms with Gasteiger partial charge in [0.25, 0.3) is 0 Å². The van der Waals surface area contributed by atoms with Crippen molar-refractivity contribution in [1.82, 2.24) is 4.90 Å². The first-order chi connectivity index (χ1) is 8.42. The van der Waals surface area contributed by atoms with E-state index in [-0.39, 0.29) is 5.91 Å². The number of hydrogen-bond donors (Lipinski definition) is 1. The maximum absolute atomic E-state index is 12.2. The summed E-state index contributed by atoms with van der Waals surface area (Å²) in [5, 5.41) is 1.16. The predicted molar refractivity (Wildman–Crippen MR) is 73.7 cm³/mol. The SMILES string of the molecule is CN(Cc1ccc(Cl)cc1Cl)C(=O)C1(N)CCC1. The lowest BCUT2D eigenvalue weighted by Gasteiger charge is -2.39. The number of halogens is 2. The van der Waals surface area contributed by atoms with E-state index in [9.17, 15) is 4.79 Å². The molecule has 0 aromatic heterocycles. The van der Waals surface area contributed by atoms with Crippen molar-refractivity contribution in [3.8, 4) is 0 Å². The molecule has 1 fully saturated rings. The molecule has 1 aromatic rings. The maximum atomic E-state index is 12.2. The molecule has 0 radical (unpaired) electrons. The fraction of sp³-hybridized carbons (Fsp3) is 0.462. The second-order valence-electron chi connectivity index (χ2n) is 4.91. The van der Waals surface area contributed by atoms with Gasteiger partial charge in [-0.15, -0.1) is 0 Å². The van der Waals surface area contributed by atoms with Crippen LogP contribution in [-0.2, 0) is 11.3 Å². The average molecular weight is 287 g/mol. The Morgan fingerprint density at radius 3 is 2.61 bits per heavy atom. The zero-order valence-corrected chi connectivity index (χ0v) is 11.8. The lowest BCUT2D eigenvalue weighted by molar-refractivity contribution is -0.139. The molecule has 0 aliphatic heterocycles. The summed E-state index contributed by atoms with van der Waals surface area (Å²) in [6, 6.07) is 5.28. The molecule has 0 atom stereocenters. The van der Waals surface area contributed by atoms with Crippen molar-refractivity contribution in [1.29, 1.82) is 0 Å². The van der Waals surface area contributed by atoms with Crippen molar-refractivity contribution in [3.05, 3.63) is 33.8 Å². The van der Waals surface area contributed by atoms with Crippen LogP contribution < -0.4 is 5.73 Å². The second kappa shape index (κ2) is 5.08. The minimum Gasteiger partial charge on any atom is -0.340 e. The molecule has 0 heterocycles. The van der Waals surface area contributed by atoms with Gasteiger partial charge in [-0.05, 0) is 37.0 Å². The number of carbonyl (C=O) groups excluding carboxylic acids is 1. The maximum Gasteiger partial charge on any atom is 0.242 e. The Kier molecular flexibility index (Phi) is 3.85. The molecule has 5 heteroatoms. The molecule has 2 N–H and O–H groups in total. The zero-order valence-electron chi connectivity index (χ0n) is 10.2. The van der Waals surface area contributed by atoms with Gasteiger partial charge in [-0.1, -0.05) is 29.3 Å². The van der Waals surface area contributed by atoms with Gasteiger partial charge in [-0.3, -0.25) is 4.79 Å². The molecule has 98 valence electrons. The minimum atomic E-state index is -0.659. The highest BCUT2D eigenvalue weighted by Gasteiger charge is 2.41. The fourth-order valence-corrected chi connectivity index (χ4v) is 2.60. The van der Waals surface area contributed by atoms with Gasteiger partial charge in [0.2, 0.25) is 5.91 Å². The smallest absolute Gasteiger partial charge is 0.242 e. The van der Waals surface area contributed by atoms with Gasteiger partial charge >= 0.3 is 0 Å². The molecule has 1 aromatic carbocycles. The van der Waals surface area contributed by atoms with Gasteiger partial charge in [-0.25, -0.2) is 0 Å². The van der Waals surface area contributed by atoms with Crippen LogP contribution in [0.5, 0.6) is 0 Å². The standard InChI is InChI=1S/C13H16Cl2N2O/c1-17(12(18)13(16)5-2-6-13)8-9-3-4-10(14)7-11(9)15/h3-4,7H,2,5-6,8,16H2,1H3. The molecule has 18 heavy (non-hydrogen) atoms. The normalized spacial score (nSPS) is 17.1. The third-order valence-electron chi connectivity index (χ3n) is 3.44. The molecule has 0 unspecified atom stereocenters. The number of nitrogens with zero attached hydrogens (tertiary/aromatic N) is 1. The molecular formula is C13H16Cl2N2O. The number of carbonyl (C=O) groups is 1. The van der Waals surface area contributed by atoms with E-state index in [0.717, 1.165) is 24.8 Å². The van der Waals surface area contributed by atoms with Gasteiger partial charge in [0, 0.05) is 23.6 Å². The summed E-state index contributed by atoms with van der Waals surface area (Å²) in [4.78, 5) is 13.8. The Morgan fingerprint density at radius 2 is 2.11 bits per heavy atom. The van der Waals surface area contributed by atoms with Crippen molar-refractivity contribution >= 4 is 29.1 Å². The highest BCUT2D eigenvalue weighted by atomic mass is 35.5. The van der Waals surface area contributed by atoms with Crippen molar-refractivity contribution in [2.45, 2.75) is 31.3 Å². The van der Waals surface area contributed by atoms with Crippen LogP contribution in [-0.4, -0.2) is 23.4 Å². The number of amides is 1. The number of likely N-dealkylation sites (N-methyl/N-ethyl adjacent to an activating group) is 1. The summed E-state index contributed by atoms with van der Waals surface area (Å²) >= 11 is 11.9. The molecule has 0 saturated heterocycles. The Hall–Kier alpha value is -0.770. The average Bonchev–Trinajstić information content (AvgIpc) is 2.28. The van der Waals surface area contributed by atoms with E-state index in [4.69, 9.17) is 28.9 Å². The van der Waals surface area contributed by atoms with Gasteiger partial charge < -0.3 is 10.6 Å². The van der Waals surface area contributed by atoms with Crippen LogP contribution in [0.3, 0.4) is 0 Å². The summed E-state index contributed by atoms with van der Waals surface area (Å²) in [6.45, 7) is 0.452. The number of hydrogen-bond acceptors (Lipinski definition) is 2. The van der Waals surface area contributed by atoms with Crippen LogP contribution in [0, 0.1) is 0 Å². The topological polar surface area (TPSA) is 46.3 Å². The van der Waals surface area contributed by atoms with Crippen LogP contribution in [0.2, 0.25) is 10.0 Å². The first kappa shape index (κ1) is 13.7. The van der Waals surface area contributed by atoms with Crippen molar-refractivity contribution in [2.75, 3.05) is 7.05 Å². The van der Waals surface area contributed by atoms with Crippen molar-refractivity contribution in [3.63, 3.8) is 0 Å². The largest absolute Gasteiger partial charge is 0.340 e. The molecule has 1 aliphatic rings. The predicted octanol–water partition coefficient (Wildman–Crippen LogP) is 2.83. The number of nitrogens with two attached hydrogens (primary N) is 1. The highest BCUT2D eigenvalue weighted by Crippen LogP contribution is 2.31. The summed E-state index contributed by atoms with van der Waals surface area (Å²) < 4.78 is 0. The molecule has 1 amide bonds. The first-order valence-corrected chi connectivity index (χ1v) is 6.66. The Morgan fingerprint density at radius 1 is 1.44 bits per heavy atom. The lowest BCUT2D eigenvalue weighted by atomic mass is 9.76. The van der Waals surface area contributed by atoms with E-state index < -0.39 is 5.54 Å². The van der Waals surface area contributed by atoms with Crippen LogP contribution >= 0.6 is 23.2 Å². The van der Waals surface area contributed by atoms with E-state index in [1.54, 1.807) is 24.1 Å². The zero-order chi connectivity index (χ0) is 13.3. The first-order valence-electron chi connectivity index (χ1n) is 5.91. The van der Waals surface area contributed by atoms with Crippen LogP contribution in [0.25, 0.3) is 0 Å². The van der Waals surface area contributed by atoms with Gasteiger partial charge in [0.15, 0.2) is 0 Å². The van der Waals surface area contributed by atoms with Gasteiger partial charge in [0.05, 0.1) is 5.54 Å². The van der Waals surface area contributed by atoms with E-state index in [1.807, 2.05) is 6.07 Å². The number of benzene rings is 1. The molecule has 0 bridgehead atoms. The molecule has 1 saturated carbocycles. The summed E-state index contributed by atoms with van der Waals surface area (Å²) in [6.07, 6.45) is 2.56. The van der Waals surface area contributed by atoms with Crippen molar-refractivity contribution in [2.24, 2.45) is 5.73 Å². The van der Waals surface area contributed by atoms with Crippen LogP contribution in [0.15, 0.2) is 18.2 Å². The quantitative estimate of drug-likeness (QED) is 0.929. The van der Waals surface area contributed by atoms with E-state index in [1.165, 1.54) is 0 Å². The Balaban J connectivity index is 2.06. The van der Waals surface area contributed by atoms with E-state index in [0.29, 0.717) is 16.6 Å². The van der Waals surface area contributed by atoms with Gasteiger partial charge in [-0.2, -0.15) is 0 Å². The van der Waals surface area contributed by atoms with E-state index in [2.05, 4.69) is 0 Å².